The second kappa shape index (κ2) is 6.91. The van der Waals surface area contributed by atoms with Crippen molar-refractivity contribution < 1.29 is 13.9 Å². The Labute approximate surface area is 164 Å². The van der Waals surface area contributed by atoms with Gasteiger partial charge in [0.05, 0.1) is 24.7 Å². The first-order chi connectivity index (χ1) is 13.7. The van der Waals surface area contributed by atoms with E-state index in [4.69, 9.17) is 14.1 Å². The maximum atomic E-state index is 12.8. The minimum atomic E-state index is -0.0679. The first-order valence-electron chi connectivity index (χ1n) is 9.74. The molecule has 0 unspecified atom stereocenters. The topological polar surface area (TPSA) is 55.6 Å². The van der Waals surface area contributed by atoms with Crippen molar-refractivity contribution in [2.24, 2.45) is 0 Å². The summed E-state index contributed by atoms with van der Waals surface area (Å²) in [6.45, 7) is 3.87. The molecule has 3 aromatic rings. The summed E-state index contributed by atoms with van der Waals surface area (Å²) in [6.07, 6.45) is 3.28. The Morgan fingerprint density at radius 3 is 2.75 bits per heavy atom. The summed E-state index contributed by atoms with van der Waals surface area (Å²) in [6, 6.07) is 13.8. The molecule has 5 heteroatoms. The quantitative estimate of drug-likeness (QED) is 0.680. The fraction of sp³-hybridized carbons (Fsp3) is 0.304. The third kappa shape index (κ3) is 2.92. The van der Waals surface area contributed by atoms with Gasteiger partial charge in [0.25, 0.3) is 5.91 Å². The van der Waals surface area contributed by atoms with Crippen LogP contribution in [0.4, 0.5) is 0 Å². The summed E-state index contributed by atoms with van der Waals surface area (Å²) in [5, 5.41) is 0. The van der Waals surface area contributed by atoms with Crippen molar-refractivity contribution in [3.63, 3.8) is 0 Å². The average Bonchev–Trinajstić information content (AvgIpc) is 3.27. The monoisotopic (exact) mass is 374 g/mol. The number of hydrogen-bond donors (Lipinski definition) is 0. The number of carbonyl (C=O) groups excluding carboxylic acids is 1. The molecule has 4 heterocycles. The number of fused-ring (bicyclic) bond motifs is 3. The van der Waals surface area contributed by atoms with Gasteiger partial charge in [-0.1, -0.05) is 30.3 Å². The van der Waals surface area contributed by atoms with Crippen molar-refractivity contribution in [2.45, 2.75) is 39.0 Å². The van der Waals surface area contributed by atoms with Gasteiger partial charge in [-0.3, -0.25) is 9.78 Å². The van der Waals surface area contributed by atoms with Gasteiger partial charge in [-0.15, -0.1) is 0 Å². The molecule has 0 radical (unpaired) electrons. The van der Waals surface area contributed by atoms with Crippen molar-refractivity contribution >= 4 is 5.91 Å². The highest BCUT2D eigenvalue weighted by Gasteiger charge is 2.31. The molecule has 0 spiro atoms. The predicted octanol–water partition coefficient (Wildman–Crippen LogP) is 4.00. The summed E-state index contributed by atoms with van der Waals surface area (Å²) in [5.74, 6) is 0.317. The number of carbonyl (C=O) groups is 1. The van der Waals surface area contributed by atoms with Crippen molar-refractivity contribution in [2.75, 3.05) is 6.54 Å². The van der Waals surface area contributed by atoms with E-state index in [9.17, 15) is 4.79 Å². The van der Waals surface area contributed by atoms with E-state index < -0.39 is 0 Å². The molecule has 0 aliphatic carbocycles. The summed E-state index contributed by atoms with van der Waals surface area (Å²) in [5.41, 5.74) is 6.90. The number of nitrogens with zero attached hydrogens (tertiary/aromatic N) is 2. The van der Waals surface area contributed by atoms with Crippen LogP contribution in [0.15, 0.2) is 53.1 Å². The van der Waals surface area contributed by atoms with E-state index in [0.29, 0.717) is 25.5 Å². The van der Waals surface area contributed by atoms with Crippen LogP contribution in [0.2, 0.25) is 0 Å². The van der Waals surface area contributed by atoms with Crippen LogP contribution in [-0.2, 0) is 30.7 Å². The van der Waals surface area contributed by atoms with Crippen molar-refractivity contribution in [1.82, 2.24) is 9.88 Å². The molecule has 142 valence electrons. The van der Waals surface area contributed by atoms with Crippen LogP contribution >= 0.6 is 0 Å². The number of hydrogen-bond acceptors (Lipinski definition) is 4. The number of furan rings is 1. The van der Waals surface area contributed by atoms with Gasteiger partial charge in [-0.25, -0.2) is 0 Å². The molecular weight excluding hydrogens is 352 g/mol. The SMILES string of the molecule is C[C@H]1Cc2c(-c3ccccc3)nc3c(c2CO1)CN(C(=O)c1ccco1)CC3. The third-order valence-electron chi connectivity index (χ3n) is 5.65. The largest absolute Gasteiger partial charge is 0.459 e. The number of benzene rings is 1. The highest BCUT2D eigenvalue weighted by atomic mass is 16.5. The molecular formula is C23H22N2O3. The van der Waals surface area contributed by atoms with Crippen LogP contribution in [0.25, 0.3) is 11.3 Å². The first kappa shape index (κ1) is 17.2. The fourth-order valence-corrected chi connectivity index (χ4v) is 4.20. The van der Waals surface area contributed by atoms with Gasteiger partial charge in [0.15, 0.2) is 5.76 Å². The Kier molecular flexibility index (Phi) is 4.24. The second-order valence-electron chi connectivity index (χ2n) is 7.49. The van der Waals surface area contributed by atoms with Crippen molar-refractivity contribution in [3.05, 3.63) is 76.9 Å². The number of amides is 1. The zero-order chi connectivity index (χ0) is 19.1. The molecule has 2 aromatic heterocycles. The molecule has 2 aliphatic heterocycles. The Bertz CT molecular complexity index is 1010. The van der Waals surface area contributed by atoms with Gasteiger partial charge in [0, 0.05) is 37.2 Å². The van der Waals surface area contributed by atoms with Crippen LogP contribution in [0, 0.1) is 0 Å². The van der Waals surface area contributed by atoms with Gasteiger partial charge in [0.1, 0.15) is 0 Å². The van der Waals surface area contributed by atoms with Gasteiger partial charge in [-0.2, -0.15) is 0 Å². The lowest BCUT2D eigenvalue weighted by Crippen LogP contribution is -2.38. The Hall–Kier alpha value is -2.92. The summed E-state index contributed by atoms with van der Waals surface area (Å²) >= 11 is 0. The van der Waals surface area contributed by atoms with Crippen LogP contribution in [-0.4, -0.2) is 28.4 Å². The maximum Gasteiger partial charge on any atom is 0.289 e. The van der Waals surface area contributed by atoms with E-state index in [2.05, 4.69) is 31.2 Å². The highest BCUT2D eigenvalue weighted by molar-refractivity contribution is 5.91. The zero-order valence-electron chi connectivity index (χ0n) is 15.9. The first-order valence-corrected chi connectivity index (χ1v) is 9.74. The molecule has 5 rings (SSSR count). The molecule has 2 aliphatic rings. The normalized spacial score (nSPS) is 18.5. The molecule has 1 atom stereocenters. The minimum Gasteiger partial charge on any atom is -0.459 e. The lowest BCUT2D eigenvalue weighted by molar-refractivity contribution is 0.0393. The van der Waals surface area contributed by atoms with Gasteiger partial charge in [-0.05, 0) is 35.7 Å². The Morgan fingerprint density at radius 2 is 1.96 bits per heavy atom. The molecule has 28 heavy (non-hydrogen) atoms. The van der Waals surface area contributed by atoms with E-state index in [-0.39, 0.29) is 12.0 Å². The minimum absolute atomic E-state index is 0.0679. The Balaban J connectivity index is 1.58. The number of pyridine rings is 1. The van der Waals surface area contributed by atoms with Crippen molar-refractivity contribution in [1.29, 1.82) is 0 Å². The number of rotatable bonds is 2. The Morgan fingerprint density at radius 1 is 1.11 bits per heavy atom. The molecule has 0 saturated heterocycles. The van der Waals surface area contributed by atoms with Gasteiger partial charge < -0.3 is 14.1 Å². The van der Waals surface area contributed by atoms with Crippen molar-refractivity contribution in [3.8, 4) is 11.3 Å². The standard InChI is InChI=1S/C23H22N2O3/c1-15-12-17-19(14-28-15)18-13-25(23(26)21-8-5-11-27-21)10-9-20(18)24-22(17)16-6-3-2-4-7-16/h2-8,11,15H,9-10,12-14H2,1H3/t15-/m0/s1. The molecule has 5 nitrogen and oxygen atoms in total. The second-order valence-corrected chi connectivity index (χ2v) is 7.49. The lowest BCUT2D eigenvalue weighted by atomic mass is 9.88. The van der Waals surface area contributed by atoms with Crippen LogP contribution < -0.4 is 0 Å². The maximum absolute atomic E-state index is 12.8. The van der Waals surface area contributed by atoms with E-state index in [1.807, 2.05) is 11.0 Å². The molecule has 0 bridgehead atoms. The number of aromatic nitrogens is 1. The fourth-order valence-electron chi connectivity index (χ4n) is 4.20. The van der Waals surface area contributed by atoms with Crippen LogP contribution in [0.1, 0.15) is 39.9 Å². The molecule has 1 amide bonds. The van der Waals surface area contributed by atoms with Crippen LogP contribution in [0.3, 0.4) is 0 Å². The molecule has 0 N–H and O–H groups in total. The summed E-state index contributed by atoms with van der Waals surface area (Å²) in [4.78, 5) is 19.7. The molecule has 0 fully saturated rings. The number of ether oxygens (including phenoxy) is 1. The molecule has 1 aromatic carbocycles. The van der Waals surface area contributed by atoms with Gasteiger partial charge in [0.2, 0.25) is 0 Å². The summed E-state index contributed by atoms with van der Waals surface area (Å²) < 4.78 is 11.3. The third-order valence-corrected chi connectivity index (χ3v) is 5.65. The van der Waals surface area contributed by atoms with E-state index in [1.165, 1.54) is 17.4 Å². The lowest BCUT2D eigenvalue weighted by Gasteiger charge is -2.33. The summed E-state index contributed by atoms with van der Waals surface area (Å²) in [7, 11) is 0. The predicted molar refractivity (Wildman–Crippen MR) is 105 cm³/mol. The van der Waals surface area contributed by atoms with E-state index in [0.717, 1.165) is 35.4 Å². The zero-order valence-corrected chi connectivity index (χ0v) is 15.9. The average molecular weight is 374 g/mol. The van der Waals surface area contributed by atoms with E-state index >= 15 is 0 Å². The van der Waals surface area contributed by atoms with Gasteiger partial charge >= 0.3 is 0 Å². The van der Waals surface area contributed by atoms with E-state index in [1.54, 1.807) is 12.1 Å². The molecule has 0 saturated carbocycles. The highest BCUT2D eigenvalue weighted by Crippen LogP contribution is 2.35. The smallest absolute Gasteiger partial charge is 0.289 e. The van der Waals surface area contributed by atoms with Crippen LogP contribution in [0.5, 0.6) is 0 Å².